The number of aromatic nitrogens is 4. The number of hydrogen-bond donors (Lipinski definition) is 1. The van der Waals surface area contributed by atoms with E-state index in [-0.39, 0.29) is 29.8 Å². The van der Waals surface area contributed by atoms with Crippen molar-refractivity contribution in [2.75, 3.05) is 0 Å². The fourth-order valence-corrected chi connectivity index (χ4v) is 4.56. The lowest BCUT2D eigenvalue weighted by Crippen LogP contribution is -2.24. The third-order valence-corrected chi connectivity index (χ3v) is 6.07. The third kappa shape index (κ3) is 3.27. The van der Waals surface area contributed by atoms with Crippen LogP contribution in [0.2, 0.25) is 5.02 Å². The van der Waals surface area contributed by atoms with Gasteiger partial charge in [-0.25, -0.2) is 4.52 Å². The molecule has 2 aromatic carbocycles. The molecule has 0 saturated carbocycles. The number of carbonyl (C=O) groups is 1. The predicted molar refractivity (Wildman–Crippen MR) is 119 cm³/mol. The molecule has 1 N–H and O–H groups in total. The summed E-state index contributed by atoms with van der Waals surface area (Å²) in [5.74, 6) is 0.106. The average Bonchev–Trinajstić information content (AvgIpc) is 3.14. The molecule has 0 fully saturated rings. The molecule has 0 radical (unpaired) electrons. The van der Waals surface area contributed by atoms with Crippen LogP contribution < -0.4 is 0 Å². The van der Waals surface area contributed by atoms with Gasteiger partial charge in [0.05, 0.1) is 17.0 Å². The summed E-state index contributed by atoms with van der Waals surface area (Å²) in [6.45, 7) is 4.15. The molecule has 6 nitrogen and oxygen atoms in total. The predicted octanol–water partition coefficient (Wildman–Crippen LogP) is 5.19. The number of para-hydroxylation sites is 1. The molecule has 2 heterocycles. The number of phenolic OH excluding ortho intramolecular Hbond substituents is 1. The van der Waals surface area contributed by atoms with Crippen LogP contribution in [0, 0.1) is 0 Å². The van der Waals surface area contributed by atoms with E-state index in [1.807, 2.05) is 36.4 Å². The molecular weight excluding hydrogens is 412 g/mol. The Hall–Kier alpha value is -3.25. The number of halogens is 1. The number of Topliss-reactive ketones (excluding diaryl/α,β-unsaturated/α-hetero) is 1. The standard InChI is InChI=1S/C24H21ClN4O2/c1-13(2)22-21(14-6-5-7-16(25)10-14)24-27-26-23-18(29(24)28-22)11-15(12-20(23)31)17-8-3-4-9-19(17)30/h3-10,13,15,30H,11-12H2,1-2H3/t15-/m1/s1. The summed E-state index contributed by atoms with van der Waals surface area (Å²) < 4.78 is 1.76. The van der Waals surface area contributed by atoms with E-state index < -0.39 is 0 Å². The smallest absolute Gasteiger partial charge is 0.185 e. The number of benzene rings is 2. The zero-order valence-electron chi connectivity index (χ0n) is 17.2. The molecule has 0 bridgehead atoms. The topological polar surface area (TPSA) is 80.4 Å². The van der Waals surface area contributed by atoms with E-state index in [0.29, 0.717) is 22.8 Å². The highest BCUT2D eigenvalue weighted by molar-refractivity contribution is 6.30. The largest absolute Gasteiger partial charge is 0.508 e. The Kier molecular flexibility index (Phi) is 4.74. The Morgan fingerprint density at radius 1 is 1.10 bits per heavy atom. The van der Waals surface area contributed by atoms with Crippen LogP contribution in [-0.4, -0.2) is 30.7 Å². The van der Waals surface area contributed by atoms with E-state index in [1.54, 1.807) is 16.6 Å². The molecule has 1 aliphatic carbocycles. The van der Waals surface area contributed by atoms with Gasteiger partial charge in [0, 0.05) is 17.4 Å². The Morgan fingerprint density at radius 2 is 1.90 bits per heavy atom. The van der Waals surface area contributed by atoms with Gasteiger partial charge in [0.1, 0.15) is 5.75 Å². The monoisotopic (exact) mass is 432 g/mol. The van der Waals surface area contributed by atoms with Gasteiger partial charge in [0.2, 0.25) is 0 Å². The Morgan fingerprint density at radius 3 is 2.65 bits per heavy atom. The van der Waals surface area contributed by atoms with E-state index in [1.165, 1.54) is 0 Å². The van der Waals surface area contributed by atoms with Crippen LogP contribution >= 0.6 is 11.6 Å². The molecule has 1 atom stereocenters. The maximum absolute atomic E-state index is 12.9. The first-order chi connectivity index (χ1) is 14.9. The average molecular weight is 433 g/mol. The van der Waals surface area contributed by atoms with Crippen molar-refractivity contribution >= 4 is 23.0 Å². The number of rotatable bonds is 3. The molecule has 4 aromatic rings. The van der Waals surface area contributed by atoms with Crippen molar-refractivity contribution in [1.82, 2.24) is 19.8 Å². The highest BCUT2D eigenvalue weighted by Gasteiger charge is 2.33. The zero-order valence-corrected chi connectivity index (χ0v) is 18.0. The second kappa shape index (κ2) is 7.46. The van der Waals surface area contributed by atoms with Crippen molar-refractivity contribution in [3.8, 4) is 16.9 Å². The van der Waals surface area contributed by atoms with Gasteiger partial charge in [0.15, 0.2) is 17.1 Å². The molecule has 156 valence electrons. The minimum Gasteiger partial charge on any atom is -0.508 e. The summed E-state index contributed by atoms with van der Waals surface area (Å²) in [6, 6.07) is 14.8. The minimum atomic E-state index is -0.144. The number of ketones is 1. The maximum atomic E-state index is 12.9. The van der Waals surface area contributed by atoms with Gasteiger partial charge in [-0.05, 0) is 41.7 Å². The number of phenols is 1. The third-order valence-electron chi connectivity index (χ3n) is 5.83. The van der Waals surface area contributed by atoms with E-state index >= 15 is 0 Å². The Bertz CT molecular complexity index is 1330. The first-order valence-electron chi connectivity index (χ1n) is 10.3. The van der Waals surface area contributed by atoms with Gasteiger partial charge in [-0.3, -0.25) is 4.79 Å². The molecule has 0 spiro atoms. The van der Waals surface area contributed by atoms with Gasteiger partial charge >= 0.3 is 0 Å². The molecule has 5 rings (SSSR count). The normalized spacial score (nSPS) is 16.1. The summed E-state index contributed by atoms with van der Waals surface area (Å²) >= 11 is 6.25. The number of hydrogen-bond acceptors (Lipinski definition) is 5. The van der Waals surface area contributed by atoms with Crippen LogP contribution in [0.5, 0.6) is 5.75 Å². The fourth-order valence-electron chi connectivity index (χ4n) is 4.37. The lowest BCUT2D eigenvalue weighted by Gasteiger charge is -2.23. The van der Waals surface area contributed by atoms with E-state index in [0.717, 1.165) is 28.1 Å². The molecule has 0 aliphatic heterocycles. The van der Waals surface area contributed by atoms with E-state index in [9.17, 15) is 9.90 Å². The SMILES string of the molecule is CC(C)c1nn2c3c(nnc2c1-c1cccc(Cl)c1)C(=O)C[C@H](c1ccccc1O)C3. The summed E-state index contributed by atoms with van der Waals surface area (Å²) in [5.41, 5.74) is 5.12. The Balaban J connectivity index is 1.72. The van der Waals surface area contributed by atoms with Crippen molar-refractivity contribution in [2.24, 2.45) is 0 Å². The fraction of sp³-hybridized carbons (Fsp3) is 0.250. The lowest BCUT2D eigenvalue weighted by atomic mass is 9.83. The quantitative estimate of drug-likeness (QED) is 0.482. The van der Waals surface area contributed by atoms with E-state index in [4.69, 9.17) is 16.7 Å². The first-order valence-corrected chi connectivity index (χ1v) is 10.7. The van der Waals surface area contributed by atoms with Crippen LogP contribution in [-0.2, 0) is 6.42 Å². The summed E-state index contributed by atoms with van der Waals surface area (Å²) in [6.07, 6.45) is 0.823. The van der Waals surface area contributed by atoms with Crippen molar-refractivity contribution in [1.29, 1.82) is 0 Å². The van der Waals surface area contributed by atoms with Crippen molar-refractivity contribution in [3.63, 3.8) is 0 Å². The van der Waals surface area contributed by atoms with Gasteiger partial charge in [0.25, 0.3) is 0 Å². The van der Waals surface area contributed by atoms with Gasteiger partial charge in [-0.1, -0.05) is 55.8 Å². The van der Waals surface area contributed by atoms with Crippen molar-refractivity contribution < 1.29 is 9.90 Å². The second-order valence-electron chi connectivity index (χ2n) is 8.24. The van der Waals surface area contributed by atoms with Crippen LogP contribution in [0.1, 0.15) is 59.5 Å². The number of carbonyl (C=O) groups excluding carboxylic acids is 1. The van der Waals surface area contributed by atoms with Gasteiger partial charge in [-0.15, -0.1) is 10.2 Å². The number of aromatic hydroxyl groups is 1. The Labute approximate surface area is 184 Å². The molecule has 0 amide bonds. The molecule has 0 saturated heterocycles. The highest BCUT2D eigenvalue weighted by atomic mass is 35.5. The molecule has 0 unspecified atom stereocenters. The lowest BCUT2D eigenvalue weighted by molar-refractivity contribution is 0.0955. The molecular formula is C24H21ClN4O2. The first kappa shape index (κ1) is 19.7. The molecule has 31 heavy (non-hydrogen) atoms. The maximum Gasteiger partial charge on any atom is 0.185 e. The highest BCUT2D eigenvalue weighted by Crippen LogP contribution is 2.38. The van der Waals surface area contributed by atoms with Crippen molar-refractivity contribution in [2.45, 2.75) is 38.5 Å². The summed E-state index contributed by atoms with van der Waals surface area (Å²) in [7, 11) is 0. The second-order valence-corrected chi connectivity index (χ2v) is 8.68. The van der Waals surface area contributed by atoms with Crippen LogP contribution in [0.25, 0.3) is 16.8 Å². The molecule has 1 aliphatic rings. The van der Waals surface area contributed by atoms with Gasteiger partial charge < -0.3 is 5.11 Å². The van der Waals surface area contributed by atoms with Crippen LogP contribution in [0.3, 0.4) is 0 Å². The minimum absolute atomic E-state index is 0.0881. The van der Waals surface area contributed by atoms with Gasteiger partial charge in [-0.2, -0.15) is 5.10 Å². The zero-order chi connectivity index (χ0) is 21.7. The number of fused-ring (bicyclic) bond motifs is 3. The van der Waals surface area contributed by atoms with Crippen molar-refractivity contribution in [3.05, 3.63) is 76.2 Å². The van der Waals surface area contributed by atoms with Crippen LogP contribution in [0.15, 0.2) is 48.5 Å². The summed E-state index contributed by atoms with van der Waals surface area (Å²) in [5, 5.41) is 24.5. The summed E-state index contributed by atoms with van der Waals surface area (Å²) in [4.78, 5) is 12.9. The van der Waals surface area contributed by atoms with E-state index in [2.05, 4.69) is 24.0 Å². The molecule has 7 heteroatoms. The molecule has 2 aromatic heterocycles. The number of nitrogens with zero attached hydrogens (tertiary/aromatic N) is 4. The van der Waals surface area contributed by atoms with Crippen LogP contribution in [0.4, 0.5) is 0 Å².